The van der Waals surface area contributed by atoms with E-state index >= 15 is 0 Å². The molecule has 132 valence electrons. The van der Waals surface area contributed by atoms with Gasteiger partial charge in [-0.3, -0.25) is 14.5 Å². The summed E-state index contributed by atoms with van der Waals surface area (Å²) in [6.07, 6.45) is 3.74. The van der Waals surface area contributed by atoms with Crippen LogP contribution in [0.25, 0.3) is 10.9 Å². The fourth-order valence-corrected chi connectivity index (χ4v) is 4.18. The van der Waals surface area contributed by atoms with Gasteiger partial charge in [0.15, 0.2) is 0 Å². The van der Waals surface area contributed by atoms with Crippen molar-refractivity contribution in [3.8, 4) is 0 Å². The molecule has 0 radical (unpaired) electrons. The summed E-state index contributed by atoms with van der Waals surface area (Å²) in [5, 5.41) is 4.09. The van der Waals surface area contributed by atoms with E-state index in [-0.39, 0.29) is 11.8 Å². The first-order chi connectivity index (χ1) is 12.1. The minimum absolute atomic E-state index is 0.116. The van der Waals surface area contributed by atoms with Gasteiger partial charge in [0.2, 0.25) is 11.8 Å². The zero-order valence-corrected chi connectivity index (χ0v) is 14.5. The Morgan fingerprint density at radius 3 is 2.72 bits per heavy atom. The summed E-state index contributed by atoms with van der Waals surface area (Å²) < 4.78 is 0. The van der Waals surface area contributed by atoms with Gasteiger partial charge in [0.05, 0.1) is 6.42 Å². The number of H-pyrrole nitrogens is 1. The summed E-state index contributed by atoms with van der Waals surface area (Å²) >= 11 is 0. The number of fused-ring (bicyclic) bond motifs is 1. The second kappa shape index (κ2) is 6.19. The van der Waals surface area contributed by atoms with Crippen molar-refractivity contribution in [3.05, 3.63) is 36.0 Å². The van der Waals surface area contributed by atoms with Gasteiger partial charge in [-0.05, 0) is 31.5 Å². The number of nitrogens with one attached hydrogen (secondary N) is 2. The summed E-state index contributed by atoms with van der Waals surface area (Å²) in [4.78, 5) is 32.4. The van der Waals surface area contributed by atoms with E-state index in [1.807, 2.05) is 42.4 Å². The number of likely N-dealkylation sites (N-methyl/N-ethyl adjacent to an activating group) is 1. The quantitative estimate of drug-likeness (QED) is 0.861. The highest BCUT2D eigenvalue weighted by Crippen LogP contribution is 2.30. The minimum atomic E-state index is -0.435. The topological polar surface area (TPSA) is 68.4 Å². The lowest BCUT2D eigenvalue weighted by molar-refractivity contribution is -0.144. The number of para-hydroxylation sites is 1. The van der Waals surface area contributed by atoms with Gasteiger partial charge in [-0.15, -0.1) is 0 Å². The van der Waals surface area contributed by atoms with Crippen LogP contribution in [0.1, 0.15) is 18.4 Å². The number of piperidine rings is 1. The van der Waals surface area contributed by atoms with Gasteiger partial charge in [-0.2, -0.15) is 0 Å². The first-order valence-electron chi connectivity index (χ1n) is 8.92. The predicted octanol–water partition coefficient (Wildman–Crippen LogP) is 1.13. The molecular weight excluding hydrogens is 316 g/mol. The lowest BCUT2D eigenvalue weighted by Gasteiger charge is -2.48. The van der Waals surface area contributed by atoms with Crippen LogP contribution >= 0.6 is 0 Å². The molecule has 0 aliphatic carbocycles. The Labute approximate surface area is 147 Å². The summed E-state index contributed by atoms with van der Waals surface area (Å²) in [5.41, 5.74) is 1.66. The molecule has 6 heteroatoms. The molecule has 1 spiro atoms. The second-order valence-corrected chi connectivity index (χ2v) is 7.13. The maximum atomic E-state index is 12.7. The summed E-state index contributed by atoms with van der Waals surface area (Å²) in [7, 11) is 2.02. The fraction of sp³-hybridized carbons (Fsp3) is 0.474. The first kappa shape index (κ1) is 16.1. The van der Waals surface area contributed by atoms with E-state index in [2.05, 4.69) is 15.2 Å². The Balaban J connectivity index is 1.44. The molecule has 3 heterocycles. The first-order valence-corrected chi connectivity index (χ1v) is 8.92. The van der Waals surface area contributed by atoms with Crippen LogP contribution in [0.2, 0.25) is 0 Å². The number of likely N-dealkylation sites (tertiary alicyclic amines) is 1. The van der Waals surface area contributed by atoms with Crippen LogP contribution in [-0.4, -0.2) is 65.4 Å². The average molecular weight is 340 g/mol. The number of aromatic nitrogens is 1. The van der Waals surface area contributed by atoms with E-state index in [1.54, 1.807) is 0 Å². The second-order valence-electron chi connectivity index (χ2n) is 7.13. The van der Waals surface area contributed by atoms with Gasteiger partial charge >= 0.3 is 0 Å². The molecule has 2 aromatic rings. The number of aromatic amines is 1. The molecule has 2 aliphatic rings. The number of hydrogen-bond donors (Lipinski definition) is 2. The van der Waals surface area contributed by atoms with Crippen LogP contribution in [-0.2, 0) is 16.0 Å². The number of carbonyl (C=O) groups excluding carboxylic acids is 2. The van der Waals surface area contributed by atoms with Gasteiger partial charge in [0.25, 0.3) is 0 Å². The largest absolute Gasteiger partial charge is 0.361 e. The van der Waals surface area contributed by atoms with Crippen molar-refractivity contribution < 1.29 is 9.59 Å². The number of rotatable bonds is 2. The van der Waals surface area contributed by atoms with Gasteiger partial charge in [-0.1, -0.05) is 18.2 Å². The molecule has 2 N–H and O–H groups in total. The highest BCUT2D eigenvalue weighted by Gasteiger charge is 2.46. The number of carbonyl (C=O) groups is 2. The molecule has 25 heavy (non-hydrogen) atoms. The van der Waals surface area contributed by atoms with Crippen LogP contribution in [0, 0.1) is 0 Å². The maximum Gasteiger partial charge on any atom is 0.240 e. The SMILES string of the molecule is CN1CCNC(=O)C12CCN(C(=O)Cc1c[nH]c3ccccc13)CC2. The molecule has 2 aliphatic heterocycles. The van der Waals surface area contributed by atoms with Crippen molar-refractivity contribution in [1.29, 1.82) is 0 Å². The van der Waals surface area contributed by atoms with Crippen LogP contribution in [0.3, 0.4) is 0 Å². The lowest BCUT2D eigenvalue weighted by Crippen LogP contribution is -2.67. The van der Waals surface area contributed by atoms with E-state index in [0.717, 1.165) is 23.0 Å². The molecule has 0 bridgehead atoms. The van der Waals surface area contributed by atoms with E-state index < -0.39 is 5.54 Å². The molecule has 0 saturated carbocycles. The molecule has 2 saturated heterocycles. The van der Waals surface area contributed by atoms with Gasteiger partial charge in [0, 0.05) is 43.3 Å². The molecule has 2 fully saturated rings. The summed E-state index contributed by atoms with van der Waals surface area (Å²) in [6, 6.07) is 8.04. The Bertz CT molecular complexity index is 805. The Morgan fingerprint density at radius 2 is 1.96 bits per heavy atom. The number of hydrogen-bond acceptors (Lipinski definition) is 3. The van der Waals surface area contributed by atoms with E-state index in [0.29, 0.717) is 38.9 Å². The minimum Gasteiger partial charge on any atom is -0.361 e. The molecule has 1 aromatic carbocycles. The summed E-state index contributed by atoms with van der Waals surface area (Å²) in [6.45, 7) is 2.85. The molecule has 4 rings (SSSR count). The van der Waals surface area contributed by atoms with E-state index in [1.165, 1.54) is 0 Å². The Morgan fingerprint density at radius 1 is 1.20 bits per heavy atom. The normalized spacial score (nSPS) is 20.8. The Kier molecular flexibility index (Phi) is 4.00. The fourth-order valence-electron chi connectivity index (χ4n) is 4.18. The van der Waals surface area contributed by atoms with Gasteiger partial charge in [-0.25, -0.2) is 0 Å². The van der Waals surface area contributed by atoms with Crippen LogP contribution in [0.5, 0.6) is 0 Å². The van der Waals surface area contributed by atoms with E-state index in [4.69, 9.17) is 0 Å². The third-order valence-electron chi connectivity index (χ3n) is 5.85. The molecule has 2 amide bonds. The Hall–Kier alpha value is -2.34. The third-order valence-corrected chi connectivity index (χ3v) is 5.85. The van der Waals surface area contributed by atoms with E-state index in [9.17, 15) is 9.59 Å². The van der Waals surface area contributed by atoms with Crippen molar-refractivity contribution in [1.82, 2.24) is 20.1 Å². The smallest absolute Gasteiger partial charge is 0.240 e. The molecule has 0 unspecified atom stereocenters. The number of nitrogens with zero attached hydrogens (tertiary/aromatic N) is 2. The highest BCUT2D eigenvalue weighted by atomic mass is 16.2. The molecular formula is C19H24N4O2. The van der Waals surface area contributed by atoms with Crippen molar-refractivity contribution in [3.63, 3.8) is 0 Å². The molecule has 6 nitrogen and oxygen atoms in total. The van der Waals surface area contributed by atoms with Crippen molar-refractivity contribution >= 4 is 22.7 Å². The lowest BCUT2D eigenvalue weighted by atomic mass is 9.83. The van der Waals surface area contributed by atoms with Gasteiger partial charge < -0.3 is 15.2 Å². The van der Waals surface area contributed by atoms with Crippen LogP contribution < -0.4 is 5.32 Å². The number of piperazine rings is 1. The van der Waals surface area contributed by atoms with Crippen molar-refractivity contribution in [2.75, 3.05) is 33.2 Å². The zero-order chi connectivity index (χ0) is 17.4. The molecule has 0 atom stereocenters. The summed E-state index contributed by atoms with van der Waals surface area (Å²) in [5.74, 6) is 0.253. The molecule has 1 aromatic heterocycles. The van der Waals surface area contributed by atoms with Crippen molar-refractivity contribution in [2.24, 2.45) is 0 Å². The maximum absolute atomic E-state index is 12.7. The standard InChI is InChI=1S/C19H24N4O2/c1-22-11-8-20-18(25)19(22)6-9-23(10-7-19)17(24)12-14-13-21-16-5-3-2-4-15(14)16/h2-5,13,21H,6-12H2,1H3,(H,20,25). The number of benzene rings is 1. The predicted molar refractivity (Wildman–Crippen MR) is 96.2 cm³/mol. The van der Waals surface area contributed by atoms with Crippen LogP contribution in [0.15, 0.2) is 30.5 Å². The average Bonchev–Trinajstić information content (AvgIpc) is 3.03. The monoisotopic (exact) mass is 340 g/mol. The number of amides is 2. The van der Waals surface area contributed by atoms with Crippen LogP contribution in [0.4, 0.5) is 0 Å². The zero-order valence-electron chi connectivity index (χ0n) is 14.5. The highest BCUT2D eigenvalue weighted by molar-refractivity contribution is 5.90. The third kappa shape index (κ3) is 2.70. The van der Waals surface area contributed by atoms with Crippen molar-refractivity contribution in [2.45, 2.75) is 24.8 Å². The van der Waals surface area contributed by atoms with Gasteiger partial charge in [0.1, 0.15) is 5.54 Å².